The van der Waals surface area contributed by atoms with Crippen LogP contribution in [0.1, 0.15) is 72.6 Å². The third kappa shape index (κ3) is 5.44. The van der Waals surface area contributed by atoms with E-state index in [9.17, 15) is 22.8 Å². The van der Waals surface area contributed by atoms with E-state index in [1.54, 1.807) is 30.9 Å². The van der Waals surface area contributed by atoms with Gasteiger partial charge in [-0.1, -0.05) is 31.4 Å². The van der Waals surface area contributed by atoms with Crippen molar-refractivity contribution in [1.29, 1.82) is 0 Å². The fourth-order valence-electron chi connectivity index (χ4n) is 5.82. The maximum Gasteiger partial charge on any atom is 0.269 e. The van der Waals surface area contributed by atoms with E-state index >= 15 is 0 Å². The van der Waals surface area contributed by atoms with Crippen LogP contribution >= 0.6 is 0 Å². The Kier molecular flexibility index (Phi) is 7.77. The molecule has 11 nitrogen and oxygen atoms in total. The number of hydrogen-bond acceptors (Lipinski definition) is 7. The van der Waals surface area contributed by atoms with E-state index in [-0.39, 0.29) is 35.1 Å². The number of amides is 3. The van der Waals surface area contributed by atoms with Crippen molar-refractivity contribution in [1.82, 2.24) is 24.3 Å². The first-order valence-electron chi connectivity index (χ1n) is 13.5. The smallest absolute Gasteiger partial charge is 0.269 e. The summed E-state index contributed by atoms with van der Waals surface area (Å²) in [5, 5.41) is 7.54. The van der Waals surface area contributed by atoms with Crippen molar-refractivity contribution in [3.05, 3.63) is 47.3 Å². The van der Waals surface area contributed by atoms with Gasteiger partial charge >= 0.3 is 0 Å². The van der Waals surface area contributed by atoms with Crippen LogP contribution in [0, 0.1) is 6.92 Å². The van der Waals surface area contributed by atoms with Gasteiger partial charge in [0.05, 0.1) is 17.4 Å². The third-order valence-electron chi connectivity index (χ3n) is 7.79. The lowest BCUT2D eigenvalue weighted by Gasteiger charge is -2.35. The summed E-state index contributed by atoms with van der Waals surface area (Å²) in [6, 6.07) is 4.86. The van der Waals surface area contributed by atoms with Gasteiger partial charge in [-0.05, 0) is 44.7 Å². The molecule has 5 rings (SSSR count). The van der Waals surface area contributed by atoms with Gasteiger partial charge in [0.2, 0.25) is 11.8 Å². The summed E-state index contributed by atoms with van der Waals surface area (Å²) in [4.78, 5) is 42.2. The largest absolute Gasteiger partial charge is 0.376 e. The molecule has 2 aliphatic heterocycles. The minimum atomic E-state index is -4.20. The zero-order chi connectivity index (χ0) is 27.7. The van der Waals surface area contributed by atoms with Crippen molar-refractivity contribution in [2.75, 3.05) is 19.7 Å². The molecule has 12 heteroatoms. The van der Waals surface area contributed by atoms with Crippen LogP contribution in [0.5, 0.6) is 0 Å². The molecule has 3 aliphatic rings. The topological polar surface area (TPSA) is 131 Å². The summed E-state index contributed by atoms with van der Waals surface area (Å²) in [6.07, 6.45) is 7.84. The highest BCUT2D eigenvalue weighted by Gasteiger charge is 2.44. The Morgan fingerprint density at radius 1 is 1.15 bits per heavy atom. The number of benzene rings is 1. The monoisotopic (exact) mass is 557 g/mol. The van der Waals surface area contributed by atoms with Gasteiger partial charge in [-0.25, -0.2) is 12.7 Å². The van der Waals surface area contributed by atoms with E-state index in [0.717, 1.165) is 38.5 Å². The first-order valence-corrected chi connectivity index (χ1v) is 15.0. The lowest BCUT2D eigenvalue weighted by molar-refractivity contribution is -0.143. The SMILES string of the molecule is Cc1nn(C)cc1[C@@H](C(=O)NC1CCCCC1)N(C[C@@H]1CCCO1)C(=O)CN1C(=O)c2ccccc2S1(=O)=O. The summed E-state index contributed by atoms with van der Waals surface area (Å²) < 4.78 is 34.4. The average Bonchev–Trinajstić information content (AvgIpc) is 3.59. The van der Waals surface area contributed by atoms with Crippen molar-refractivity contribution in [2.45, 2.75) is 75.0 Å². The van der Waals surface area contributed by atoms with Gasteiger partial charge in [-0.2, -0.15) is 5.10 Å². The summed E-state index contributed by atoms with van der Waals surface area (Å²) in [6.45, 7) is 1.70. The lowest BCUT2D eigenvalue weighted by atomic mass is 9.94. The normalized spacial score (nSPS) is 21.5. The van der Waals surface area contributed by atoms with Crippen molar-refractivity contribution < 1.29 is 27.5 Å². The number of aromatic nitrogens is 2. The molecule has 3 heterocycles. The highest BCUT2D eigenvalue weighted by Crippen LogP contribution is 2.32. The van der Waals surface area contributed by atoms with E-state index in [4.69, 9.17) is 4.74 Å². The van der Waals surface area contributed by atoms with Crippen molar-refractivity contribution in [3.63, 3.8) is 0 Å². The van der Waals surface area contributed by atoms with Crippen molar-refractivity contribution >= 4 is 27.7 Å². The number of aryl methyl sites for hydroxylation is 2. The fraction of sp³-hybridized carbons (Fsp3) is 0.556. The predicted octanol–water partition coefficient (Wildman–Crippen LogP) is 2.07. The zero-order valence-corrected chi connectivity index (χ0v) is 23.2. The first-order chi connectivity index (χ1) is 18.7. The Hall–Kier alpha value is -3.25. The maximum atomic E-state index is 14.0. The Labute approximate surface area is 228 Å². The number of carbonyl (C=O) groups excluding carboxylic acids is 3. The van der Waals surface area contributed by atoms with Crippen LogP contribution in [-0.4, -0.2) is 77.0 Å². The van der Waals surface area contributed by atoms with Crippen LogP contribution in [0.2, 0.25) is 0 Å². The molecule has 39 heavy (non-hydrogen) atoms. The number of carbonyl (C=O) groups is 3. The summed E-state index contributed by atoms with van der Waals surface area (Å²) in [5.41, 5.74) is 1.17. The molecule has 0 bridgehead atoms. The second-order valence-corrected chi connectivity index (χ2v) is 12.4. The third-order valence-corrected chi connectivity index (χ3v) is 9.58. The van der Waals surface area contributed by atoms with E-state index in [1.807, 2.05) is 0 Å². The maximum absolute atomic E-state index is 14.0. The molecule has 2 fully saturated rings. The van der Waals surface area contributed by atoms with Crippen LogP contribution in [0.4, 0.5) is 0 Å². The lowest BCUT2D eigenvalue weighted by Crippen LogP contribution is -2.52. The van der Waals surface area contributed by atoms with E-state index in [0.29, 0.717) is 28.6 Å². The number of rotatable bonds is 8. The molecule has 2 atom stereocenters. The highest BCUT2D eigenvalue weighted by atomic mass is 32.2. The molecule has 0 spiro atoms. The van der Waals surface area contributed by atoms with Gasteiger partial charge in [0.1, 0.15) is 17.5 Å². The molecule has 3 amide bonds. The zero-order valence-electron chi connectivity index (χ0n) is 22.3. The number of fused-ring (bicyclic) bond motifs is 1. The van der Waals surface area contributed by atoms with Crippen LogP contribution in [0.25, 0.3) is 0 Å². The molecule has 210 valence electrons. The van der Waals surface area contributed by atoms with Gasteiger partial charge in [0.25, 0.3) is 15.9 Å². The Bertz CT molecular complexity index is 1360. The average molecular weight is 558 g/mol. The second-order valence-electron chi connectivity index (χ2n) is 10.6. The van der Waals surface area contributed by atoms with E-state index < -0.39 is 34.4 Å². The van der Waals surface area contributed by atoms with Gasteiger partial charge in [-0.15, -0.1) is 0 Å². The molecule has 2 aromatic rings. The van der Waals surface area contributed by atoms with Gasteiger partial charge < -0.3 is 15.0 Å². The summed E-state index contributed by atoms with van der Waals surface area (Å²) in [5.74, 6) is -1.75. The Morgan fingerprint density at radius 3 is 2.54 bits per heavy atom. The van der Waals surface area contributed by atoms with E-state index in [1.165, 1.54) is 23.1 Å². The second kappa shape index (κ2) is 11.1. The Balaban J connectivity index is 1.49. The highest BCUT2D eigenvalue weighted by molar-refractivity contribution is 7.90. The van der Waals surface area contributed by atoms with Crippen LogP contribution in [-0.2, 0) is 31.4 Å². The van der Waals surface area contributed by atoms with Gasteiger partial charge in [0, 0.05) is 38.0 Å². The molecule has 1 saturated heterocycles. The molecule has 1 N–H and O–H groups in total. The van der Waals surface area contributed by atoms with Crippen LogP contribution in [0.15, 0.2) is 35.4 Å². The minimum Gasteiger partial charge on any atom is -0.376 e. The van der Waals surface area contributed by atoms with Gasteiger partial charge in [0.15, 0.2) is 0 Å². The number of hydrogen-bond donors (Lipinski definition) is 1. The van der Waals surface area contributed by atoms with Crippen molar-refractivity contribution in [3.8, 4) is 0 Å². The first kappa shape index (κ1) is 27.3. The fourth-order valence-corrected chi connectivity index (χ4v) is 7.34. The minimum absolute atomic E-state index is 0.000414. The van der Waals surface area contributed by atoms with E-state index in [2.05, 4.69) is 10.4 Å². The number of ether oxygens (including phenoxy) is 1. The molecular formula is C27H35N5O6S. The number of nitrogens with zero attached hydrogens (tertiary/aromatic N) is 4. The molecule has 0 unspecified atom stereocenters. The molecule has 1 aromatic carbocycles. The van der Waals surface area contributed by atoms with Crippen LogP contribution < -0.4 is 5.32 Å². The Morgan fingerprint density at radius 2 is 1.90 bits per heavy atom. The van der Waals surface area contributed by atoms with Crippen LogP contribution in [0.3, 0.4) is 0 Å². The summed E-state index contributed by atoms with van der Waals surface area (Å²) in [7, 11) is -2.46. The standard InChI is InChI=1S/C27H35N5O6S/c1-18-22(16-30(2)29-18)25(26(34)28-19-9-4-3-5-10-19)31(15-20-11-8-14-38-20)24(33)17-32-27(35)21-12-6-7-13-23(21)39(32,36)37/h6-7,12-13,16,19-20,25H,3-5,8-11,14-15,17H2,1-2H3,(H,28,34)/t20-,25-/m0/s1. The molecule has 1 aromatic heterocycles. The quantitative estimate of drug-likeness (QED) is 0.526. The summed E-state index contributed by atoms with van der Waals surface area (Å²) >= 11 is 0. The van der Waals surface area contributed by atoms with Crippen molar-refractivity contribution in [2.24, 2.45) is 7.05 Å². The van der Waals surface area contributed by atoms with Gasteiger partial charge in [-0.3, -0.25) is 19.1 Å². The predicted molar refractivity (Wildman–Crippen MR) is 141 cm³/mol. The molecule has 1 saturated carbocycles. The molecule has 1 aliphatic carbocycles. The number of nitrogens with one attached hydrogen (secondary N) is 1. The number of sulfonamides is 1. The molecular weight excluding hydrogens is 522 g/mol. The molecule has 0 radical (unpaired) electrons.